The number of rotatable bonds is 6. The first-order valence-electron chi connectivity index (χ1n) is 9.54. The second-order valence-corrected chi connectivity index (χ2v) is 8.10. The molecule has 0 atom stereocenters. The SMILES string of the molecule is CC(=O)Nc1ccc(NC(=O)CSc2ccc(-c3cc(C)c(C)cc3C)nn2)cc1. The van der Waals surface area contributed by atoms with Crippen LogP contribution in [0.3, 0.4) is 0 Å². The summed E-state index contributed by atoms with van der Waals surface area (Å²) in [5.74, 6) is -0.0458. The van der Waals surface area contributed by atoms with Gasteiger partial charge in [-0.15, -0.1) is 10.2 Å². The molecule has 2 amide bonds. The molecule has 3 rings (SSSR count). The van der Waals surface area contributed by atoms with Gasteiger partial charge in [-0.3, -0.25) is 9.59 Å². The molecule has 0 spiro atoms. The number of anilines is 2. The lowest BCUT2D eigenvalue weighted by atomic mass is 9.99. The van der Waals surface area contributed by atoms with Crippen LogP contribution in [-0.2, 0) is 9.59 Å². The molecule has 6 nitrogen and oxygen atoms in total. The zero-order valence-corrected chi connectivity index (χ0v) is 18.3. The maximum atomic E-state index is 12.2. The van der Waals surface area contributed by atoms with E-state index in [2.05, 4.69) is 53.7 Å². The number of thioether (sulfide) groups is 1. The minimum Gasteiger partial charge on any atom is -0.326 e. The standard InChI is InChI=1S/C23H24N4O2S/c1-14-11-16(3)20(12-15(14)2)21-9-10-23(27-26-21)30-13-22(29)25-19-7-5-18(6-8-19)24-17(4)28/h5-12H,13H2,1-4H3,(H,24,28)(H,25,29). The van der Waals surface area contributed by atoms with Crippen molar-refractivity contribution in [1.82, 2.24) is 10.2 Å². The highest BCUT2D eigenvalue weighted by Gasteiger charge is 2.09. The number of nitrogens with zero attached hydrogens (tertiary/aromatic N) is 2. The number of carbonyl (C=O) groups is 2. The van der Waals surface area contributed by atoms with Crippen molar-refractivity contribution in [3.63, 3.8) is 0 Å². The highest BCUT2D eigenvalue weighted by molar-refractivity contribution is 7.99. The highest BCUT2D eigenvalue weighted by atomic mass is 32.2. The quantitative estimate of drug-likeness (QED) is 0.562. The van der Waals surface area contributed by atoms with Gasteiger partial charge in [0.15, 0.2) is 0 Å². The molecule has 154 valence electrons. The van der Waals surface area contributed by atoms with Gasteiger partial charge in [-0.1, -0.05) is 17.8 Å². The Morgan fingerprint density at radius 3 is 2.07 bits per heavy atom. The van der Waals surface area contributed by atoms with E-state index in [0.29, 0.717) is 16.4 Å². The van der Waals surface area contributed by atoms with E-state index in [-0.39, 0.29) is 17.6 Å². The van der Waals surface area contributed by atoms with Crippen LogP contribution in [0.1, 0.15) is 23.6 Å². The van der Waals surface area contributed by atoms with Crippen molar-refractivity contribution in [2.45, 2.75) is 32.7 Å². The van der Waals surface area contributed by atoms with Gasteiger partial charge in [0, 0.05) is 23.9 Å². The van der Waals surface area contributed by atoms with Crippen LogP contribution in [0.5, 0.6) is 0 Å². The minimum atomic E-state index is -0.136. The first-order chi connectivity index (χ1) is 14.3. The van der Waals surface area contributed by atoms with Crippen molar-refractivity contribution < 1.29 is 9.59 Å². The lowest BCUT2D eigenvalue weighted by molar-refractivity contribution is -0.114. The highest BCUT2D eigenvalue weighted by Crippen LogP contribution is 2.26. The molecule has 30 heavy (non-hydrogen) atoms. The molecular weight excluding hydrogens is 396 g/mol. The molecule has 0 saturated heterocycles. The molecule has 0 aliphatic rings. The molecule has 2 N–H and O–H groups in total. The van der Waals surface area contributed by atoms with E-state index in [9.17, 15) is 9.59 Å². The molecule has 0 radical (unpaired) electrons. The van der Waals surface area contributed by atoms with Crippen LogP contribution in [-0.4, -0.2) is 27.8 Å². The van der Waals surface area contributed by atoms with Gasteiger partial charge in [-0.05, 0) is 79.9 Å². The van der Waals surface area contributed by atoms with Crippen molar-refractivity contribution in [3.05, 3.63) is 65.2 Å². The van der Waals surface area contributed by atoms with Gasteiger partial charge in [0.2, 0.25) is 11.8 Å². The van der Waals surface area contributed by atoms with Gasteiger partial charge in [0.05, 0.1) is 11.4 Å². The number of nitrogens with one attached hydrogen (secondary N) is 2. The van der Waals surface area contributed by atoms with E-state index in [1.807, 2.05) is 12.1 Å². The predicted molar refractivity (Wildman–Crippen MR) is 122 cm³/mol. The molecule has 2 aromatic carbocycles. The van der Waals surface area contributed by atoms with E-state index in [4.69, 9.17) is 0 Å². The summed E-state index contributed by atoms with van der Waals surface area (Å²) in [4.78, 5) is 23.2. The monoisotopic (exact) mass is 420 g/mol. The molecule has 0 fully saturated rings. The average molecular weight is 421 g/mol. The molecule has 3 aromatic rings. The van der Waals surface area contributed by atoms with Gasteiger partial charge in [0.25, 0.3) is 0 Å². The van der Waals surface area contributed by atoms with Crippen LogP contribution < -0.4 is 10.6 Å². The Balaban J connectivity index is 1.56. The molecule has 1 aromatic heterocycles. The summed E-state index contributed by atoms with van der Waals surface area (Å²) in [5.41, 5.74) is 6.89. The summed E-state index contributed by atoms with van der Waals surface area (Å²) in [5, 5.41) is 14.8. The normalized spacial score (nSPS) is 10.5. The largest absolute Gasteiger partial charge is 0.326 e. The van der Waals surface area contributed by atoms with Gasteiger partial charge in [-0.25, -0.2) is 0 Å². The predicted octanol–water partition coefficient (Wildman–Crippen LogP) is 4.76. The molecule has 1 heterocycles. The Morgan fingerprint density at radius 2 is 1.47 bits per heavy atom. The minimum absolute atomic E-state index is 0.136. The van der Waals surface area contributed by atoms with E-state index in [1.165, 1.54) is 29.8 Å². The van der Waals surface area contributed by atoms with Crippen molar-refractivity contribution in [2.24, 2.45) is 0 Å². The summed E-state index contributed by atoms with van der Waals surface area (Å²) in [6.07, 6.45) is 0. The first-order valence-corrected chi connectivity index (χ1v) is 10.5. The third kappa shape index (κ3) is 5.67. The van der Waals surface area contributed by atoms with Gasteiger partial charge in [-0.2, -0.15) is 0 Å². The van der Waals surface area contributed by atoms with Crippen molar-refractivity contribution in [2.75, 3.05) is 16.4 Å². The molecule has 0 aliphatic carbocycles. The van der Waals surface area contributed by atoms with E-state index < -0.39 is 0 Å². The number of hydrogen-bond donors (Lipinski definition) is 2. The Labute approximate surface area is 180 Å². The van der Waals surface area contributed by atoms with E-state index in [0.717, 1.165) is 16.8 Å². The van der Waals surface area contributed by atoms with Crippen LogP contribution in [0.15, 0.2) is 53.6 Å². The lowest BCUT2D eigenvalue weighted by Gasteiger charge is -2.09. The molecule has 0 saturated carbocycles. The number of carbonyl (C=O) groups excluding carboxylic acids is 2. The van der Waals surface area contributed by atoms with Gasteiger partial charge < -0.3 is 10.6 Å². The lowest BCUT2D eigenvalue weighted by Crippen LogP contribution is -2.14. The molecular formula is C23H24N4O2S. The van der Waals surface area contributed by atoms with Crippen molar-refractivity contribution in [3.8, 4) is 11.3 Å². The molecule has 0 bridgehead atoms. The Bertz CT molecular complexity index is 1060. The van der Waals surface area contributed by atoms with Crippen LogP contribution >= 0.6 is 11.8 Å². The van der Waals surface area contributed by atoms with Crippen LogP contribution in [0.25, 0.3) is 11.3 Å². The molecule has 0 aliphatic heterocycles. The number of amides is 2. The third-order valence-corrected chi connectivity index (χ3v) is 5.52. The second-order valence-electron chi connectivity index (χ2n) is 7.10. The zero-order valence-electron chi connectivity index (χ0n) is 17.4. The fourth-order valence-electron chi connectivity index (χ4n) is 2.95. The van der Waals surface area contributed by atoms with Crippen molar-refractivity contribution in [1.29, 1.82) is 0 Å². The number of benzene rings is 2. The Kier molecular flexibility index (Phi) is 6.84. The topological polar surface area (TPSA) is 84.0 Å². The molecule has 7 heteroatoms. The summed E-state index contributed by atoms with van der Waals surface area (Å²) < 4.78 is 0. The fraction of sp³-hybridized carbons (Fsp3) is 0.217. The fourth-order valence-corrected chi connectivity index (χ4v) is 3.57. The van der Waals surface area contributed by atoms with Crippen molar-refractivity contribution >= 4 is 35.0 Å². The second kappa shape index (κ2) is 9.54. The van der Waals surface area contributed by atoms with Crippen LogP contribution in [0.4, 0.5) is 11.4 Å². The summed E-state index contributed by atoms with van der Waals surface area (Å²) in [6, 6.07) is 15.1. The van der Waals surface area contributed by atoms with E-state index >= 15 is 0 Å². The Hall–Kier alpha value is -3.19. The summed E-state index contributed by atoms with van der Waals surface area (Å²) >= 11 is 1.33. The molecule has 0 unspecified atom stereocenters. The maximum absolute atomic E-state index is 12.2. The van der Waals surface area contributed by atoms with E-state index in [1.54, 1.807) is 24.3 Å². The average Bonchev–Trinajstić information content (AvgIpc) is 2.71. The summed E-state index contributed by atoms with van der Waals surface area (Å²) in [6.45, 7) is 7.70. The third-order valence-electron chi connectivity index (χ3n) is 4.60. The number of hydrogen-bond acceptors (Lipinski definition) is 5. The summed E-state index contributed by atoms with van der Waals surface area (Å²) in [7, 11) is 0. The smallest absolute Gasteiger partial charge is 0.234 e. The Morgan fingerprint density at radius 1 is 0.833 bits per heavy atom. The number of aromatic nitrogens is 2. The first kappa shape index (κ1) is 21.5. The number of aryl methyl sites for hydroxylation is 3. The van der Waals surface area contributed by atoms with Crippen LogP contribution in [0, 0.1) is 20.8 Å². The maximum Gasteiger partial charge on any atom is 0.234 e. The zero-order chi connectivity index (χ0) is 21.7. The van der Waals surface area contributed by atoms with Crippen LogP contribution in [0.2, 0.25) is 0 Å². The van der Waals surface area contributed by atoms with Gasteiger partial charge >= 0.3 is 0 Å². The van der Waals surface area contributed by atoms with Gasteiger partial charge in [0.1, 0.15) is 5.03 Å².